The molecule has 1 heterocycles. The Kier molecular flexibility index (Phi) is 4.42. The van der Waals surface area contributed by atoms with Gasteiger partial charge in [-0.1, -0.05) is 30.3 Å². The van der Waals surface area contributed by atoms with Crippen molar-refractivity contribution in [2.75, 3.05) is 11.4 Å². The van der Waals surface area contributed by atoms with E-state index in [1.165, 1.54) is 11.6 Å². The average molecular weight is 309 g/mol. The van der Waals surface area contributed by atoms with Crippen molar-refractivity contribution in [3.63, 3.8) is 0 Å². The van der Waals surface area contributed by atoms with Gasteiger partial charge in [0.25, 0.3) is 0 Å². The fourth-order valence-electron chi connectivity index (χ4n) is 3.03. The first-order valence-corrected chi connectivity index (χ1v) is 7.85. The van der Waals surface area contributed by atoms with E-state index in [1.54, 1.807) is 18.2 Å². The number of carboxylic acids is 1. The number of hydrogen-bond donors (Lipinski definition) is 1. The van der Waals surface area contributed by atoms with Gasteiger partial charge in [0.1, 0.15) is 0 Å². The zero-order chi connectivity index (χ0) is 16.2. The smallest absolute Gasteiger partial charge is 0.335 e. The van der Waals surface area contributed by atoms with Crippen molar-refractivity contribution in [1.82, 2.24) is 0 Å². The number of aryl methyl sites for hydroxylation is 1. The molecule has 0 aliphatic carbocycles. The normalized spacial score (nSPS) is 14.0. The summed E-state index contributed by atoms with van der Waals surface area (Å²) in [6.07, 6.45) is 3.27. The fraction of sp³-hybridized carbons (Fsp3) is 0.263. The molecule has 0 unspecified atom stereocenters. The SMILES string of the molecule is O=C(O)c1cccc(CC(=O)N2CCCCc3ccccc32)c1. The molecule has 1 aliphatic heterocycles. The topological polar surface area (TPSA) is 57.6 Å². The van der Waals surface area contributed by atoms with Crippen LogP contribution in [0.5, 0.6) is 0 Å². The van der Waals surface area contributed by atoms with Crippen LogP contribution >= 0.6 is 0 Å². The van der Waals surface area contributed by atoms with E-state index in [9.17, 15) is 9.59 Å². The van der Waals surface area contributed by atoms with Crippen LogP contribution in [0.1, 0.15) is 34.3 Å². The van der Waals surface area contributed by atoms with Gasteiger partial charge in [0.05, 0.1) is 12.0 Å². The van der Waals surface area contributed by atoms with Gasteiger partial charge in [0, 0.05) is 12.2 Å². The van der Waals surface area contributed by atoms with Gasteiger partial charge >= 0.3 is 5.97 Å². The van der Waals surface area contributed by atoms with E-state index in [4.69, 9.17) is 5.11 Å². The summed E-state index contributed by atoms with van der Waals surface area (Å²) in [7, 11) is 0. The molecule has 0 saturated heterocycles. The zero-order valence-corrected chi connectivity index (χ0v) is 12.9. The number of amides is 1. The molecule has 2 aromatic carbocycles. The van der Waals surface area contributed by atoms with Gasteiger partial charge < -0.3 is 10.0 Å². The first kappa shape index (κ1) is 15.3. The second-order valence-corrected chi connectivity index (χ2v) is 5.81. The molecule has 1 amide bonds. The van der Waals surface area contributed by atoms with Crippen molar-refractivity contribution in [2.45, 2.75) is 25.7 Å². The monoisotopic (exact) mass is 309 g/mol. The molecule has 4 nitrogen and oxygen atoms in total. The minimum absolute atomic E-state index is 0.0156. The van der Waals surface area contributed by atoms with E-state index in [2.05, 4.69) is 6.07 Å². The molecule has 0 bridgehead atoms. The Balaban J connectivity index is 1.83. The van der Waals surface area contributed by atoms with E-state index in [0.717, 1.165) is 30.5 Å². The van der Waals surface area contributed by atoms with Gasteiger partial charge in [-0.05, 0) is 48.6 Å². The number of carbonyl (C=O) groups is 2. The third kappa shape index (κ3) is 3.42. The van der Waals surface area contributed by atoms with Crippen LogP contribution in [0.15, 0.2) is 48.5 Å². The molecule has 118 valence electrons. The zero-order valence-electron chi connectivity index (χ0n) is 12.9. The standard InChI is InChI=1S/C19H19NO3/c21-18(13-14-6-5-9-16(12-14)19(22)23)20-11-4-3-8-15-7-1-2-10-17(15)20/h1-2,5-7,9-10,12H,3-4,8,11,13H2,(H,22,23). The Morgan fingerprint density at radius 2 is 1.87 bits per heavy atom. The molecule has 0 spiro atoms. The van der Waals surface area contributed by atoms with Crippen LogP contribution in [0.25, 0.3) is 0 Å². The van der Waals surface area contributed by atoms with Crippen molar-refractivity contribution >= 4 is 17.6 Å². The molecule has 0 aromatic heterocycles. The lowest BCUT2D eigenvalue weighted by Gasteiger charge is -2.23. The molecule has 1 N–H and O–H groups in total. The van der Waals surface area contributed by atoms with Crippen LogP contribution in [0.4, 0.5) is 5.69 Å². The number of carbonyl (C=O) groups excluding carboxylic acids is 1. The van der Waals surface area contributed by atoms with E-state index in [0.29, 0.717) is 6.54 Å². The van der Waals surface area contributed by atoms with Crippen molar-refractivity contribution < 1.29 is 14.7 Å². The Labute approximate surface area is 135 Å². The van der Waals surface area contributed by atoms with Crippen molar-refractivity contribution in [3.05, 3.63) is 65.2 Å². The highest BCUT2D eigenvalue weighted by atomic mass is 16.4. The lowest BCUT2D eigenvalue weighted by atomic mass is 10.1. The molecule has 4 heteroatoms. The van der Waals surface area contributed by atoms with Gasteiger partial charge in [-0.15, -0.1) is 0 Å². The summed E-state index contributed by atoms with van der Waals surface area (Å²) in [5, 5.41) is 9.06. The number of rotatable bonds is 3. The average Bonchev–Trinajstić information content (AvgIpc) is 2.77. The van der Waals surface area contributed by atoms with Crippen LogP contribution in [-0.4, -0.2) is 23.5 Å². The van der Waals surface area contributed by atoms with Crippen LogP contribution in [0, 0.1) is 0 Å². The molecule has 3 rings (SSSR count). The minimum atomic E-state index is -0.973. The van der Waals surface area contributed by atoms with Crippen LogP contribution in [0.2, 0.25) is 0 Å². The van der Waals surface area contributed by atoms with Gasteiger partial charge in [0.15, 0.2) is 0 Å². The number of nitrogens with zero attached hydrogens (tertiary/aromatic N) is 1. The summed E-state index contributed by atoms with van der Waals surface area (Å²) in [6.45, 7) is 0.717. The number of fused-ring (bicyclic) bond motifs is 1. The largest absolute Gasteiger partial charge is 0.478 e. The molecule has 0 atom stereocenters. The van der Waals surface area contributed by atoms with Gasteiger partial charge in [0.2, 0.25) is 5.91 Å². The summed E-state index contributed by atoms with van der Waals surface area (Å²) in [5.41, 5.74) is 3.14. The highest BCUT2D eigenvalue weighted by Gasteiger charge is 2.21. The third-order valence-corrected chi connectivity index (χ3v) is 4.19. The third-order valence-electron chi connectivity index (χ3n) is 4.19. The summed E-state index contributed by atoms with van der Waals surface area (Å²) in [4.78, 5) is 25.6. The van der Waals surface area contributed by atoms with Crippen molar-refractivity contribution in [3.8, 4) is 0 Å². The van der Waals surface area contributed by atoms with E-state index >= 15 is 0 Å². The summed E-state index contributed by atoms with van der Waals surface area (Å²) >= 11 is 0. The van der Waals surface area contributed by atoms with Crippen LogP contribution in [-0.2, 0) is 17.6 Å². The molecular formula is C19H19NO3. The van der Waals surface area contributed by atoms with Crippen LogP contribution < -0.4 is 4.90 Å². The van der Waals surface area contributed by atoms with Gasteiger partial charge in [-0.3, -0.25) is 4.79 Å². The van der Waals surface area contributed by atoms with E-state index in [1.807, 2.05) is 23.1 Å². The molecule has 0 saturated carbocycles. The molecule has 23 heavy (non-hydrogen) atoms. The number of benzene rings is 2. The molecular weight excluding hydrogens is 290 g/mol. The lowest BCUT2D eigenvalue weighted by molar-refractivity contribution is -0.118. The van der Waals surface area contributed by atoms with Gasteiger partial charge in [-0.25, -0.2) is 4.79 Å². The Hall–Kier alpha value is -2.62. The second-order valence-electron chi connectivity index (χ2n) is 5.81. The Bertz CT molecular complexity index is 739. The van der Waals surface area contributed by atoms with Gasteiger partial charge in [-0.2, -0.15) is 0 Å². The molecule has 0 fully saturated rings. The Morgan fingerprint density at radius 1 is 1.04 bits per heavy atom. The molecule has 1 aliphatic rings. The number of carboxylic acid groups (broad SMARTS) is 1. The number of aromatic carboxylic acids is 1. The lowest BCUT2D eigenvalue weighted by Crippen LogP contribution is -2.33. The molecule has 0 radical (unpaired) electrons. The minimum Gasteiger partial charge on any atom is -0.478 e. The Morgan fingerprint density at radius 3 is 2.70 bits per heavy atom. The predicted octanol–water partition coefficient (Wildman–Crippen LogP) is 3.30. The first-order chi connectivity index (χ1) is 11.1. The quantitative estimate of drug-likeness (QED) is 0.946. The maximum absolute atomic E-state index is 12.7. The summed E-state index contributed by atoms with van der Waals surface area (Å²) < 4.78 is 0. The van der Waals surface area contributed by atoms with E-state index < -0.39 is 5.97 Å². The first-order valence-electron chi connectivity index (χ1n) is 7.85. The summed E-state index contributed by atoms with van der Waals surface area (Å²) in [6, 6.07) is 14.6. The molecule has 2 aromatic rings. The van der Waals surface area contributed by atoms with E-state index in [-0.39, 0.29) is 17.9 Å². The van der Waals surface area contributed by atoms with Crippen molar-refractivity contribution in [2.24, 2.45) is 0 Å². The highest BCUT2D eigenvalue weighted by Crippen LogP contribution is 2.26. The maximum Gasteiger partial charge on any atom is 0.335 e. The number of para-hydroxylation sites is 1. The number of hydrogen-bond acceptors (Lipinski definition) is 2. The van der Waals surface area contributed by atoms with Crippen molar-refractivity contribution in [1.29, 1.82) is 0 Å². The highest BCUT2D eigenvalue weighted by molar-refractivity contribution is 5.96. The van der Waals surface area contributed by atoms with Crippen LogP contribution in [0.3, 0.4) is 0 Å². The summed E-state index contributed by atoms with van der Waals surface area (Å²) in [5.74, 6) is -0.957. The second kappa shape index (κ2) is 6.65. The number of anilines is 1. The maximum atomic E-state index is 12.7. The predicted molar refractivity (Wildman–Crippen MR) is 88.8 cm³/mol. The fourth-order valence-corrected chi connectivity index (χ4v) is 3.03.